The quantitative estimate of drug-likeness (QED) is 0.774. The highest BCUT2D eigenvalue weighted by Crippen LogP contribution is 2.31. The number of hydrogen-bond donors (Lipinski definition) is 2. The minimum absolute atomic E-state index is 0.0127. The number of nitrogens with zero attached hydrogens (tertiary/aromatic N) is 1. The Balaban J connectivity index is 2.74. The second-order valence-electron chi connectivity index (χ2n) is 4.20. The van der Waals surface area contributed by atoms with Crippen LogP contribution < -0.4 is 5.73 Å². The molecule has 6 heteroatoms. The van der Waals surface area contributed by atoms with Gasteiger partial charge in [-0.25, -0.2) is 0 Å². The number of likely N-dealkylation sites (tertiary alicyclic amines) is 1. The first-order chi connectivity index (χ1) is 7.50. The van der Waals surface area contributed by atoms with Crippen molar-refractivity contribution in [1.29, 1.82) is 0 Å². The van der Waals surface area contributed by atoms with Gasteiger partial charge in [-0.3, -0.25) is 4.90 Å². The molecular weight excluding hydrogens is 221 g/mol. The topological polar surface area (TPSA) is 49.5 Å². The minimum atomic E-state index is -4.26. The van der Waals surface area contributed by atoms with Crippen molar-refractivity contribution in [3.05, 3.63) is 0 Å². The molecule has 2 atom stereocenters. The van der Waals surface area contributed by atoms with Crippen LogP contribution in [0.5, 0.6) is 0 Å². The van der Waals surface area contributed by atoms with E-state index in [4.69, 9.17) is 10.8 Å². The molecule has 1 saturated heterocycles. The molecule has 3 nitrogen and oxygen atoms in total. The Morgan fingerprint density at radius 3 is 2.56 bits per heavy atom. The van der Waals surface area contributed by atoms with E-state index in [1.165, 1.54) is 4.90 Å². The third-order valence-corrected chi connectivity index (χ3v) is 3.10. The molecule has 16 heavy (non-hydrogen) atoms. The van der Waals surface area contributed by atoms with Crippen molar-refractivity contribution in [3.63, 3.8) is 0 Å². The van der Waals surface area contributed by atoms with Gasteiger partial charge in [0, 0.05) is 6.04 Å². The number of nitrogens with two attached hydrogens (primary N) is 1. The largest absolute Gasteiger partial charge is 0.404 e. The minimum Gasteiger partial charge on any atom is -0.395 e. The molecular formula is C10H19F3N2O. The number of hydrogen-bond acceptors (Lipinski definition) is 3. The summed E-state index contributed by atoms with van der Waals surface area (Å²) in [5, 5.41) is 9.10. The summed E-state index contributed by atoms with van der Waals surface area (Å²) in [5.74, 6) is 0. The van der Waals surface area contributed by atoms with E-state index in [1.54, 1.807) is 0 Å². The van der Waals surface area contributed by atoms with Crippen LogP contribution in [0, 0.1) is 0 Å². The van der Waals surface area contributed by atoms with Gasteiger partial charge in [-0.2, -0.15) is 13.2 Å². The lowest BCUT2D eigenvalue weighted by molar-refractivity contribution is -0.195. The summed E-state index contributed by atoms with van der Waals surface area (Å²) in [4.78, 5) is 1.37. The van der Waals surface area contributed by atoms with E-state index in [1.807, 2.05) is 0 Å². The standard InChI is InChI=1S/C10H19F3N2O/c11-10(12,13)9(4-5-14)15-6-2-1-3-8(15)7-16/h8-9,16H,1-7,14H2. The molecule has 0 spiro atoms. The predicted octanol–water partition coefficient (Wildman–Crippen LogP) is 1.11. The van der Waals surface area contributed by atoms with E-state index in [-0.39, 0.29) is 25.6 Å². The molecule has 0 aromatic rings. The smallest absolute Gasteiger partial charge is 0.395 e. The predicted molar refractivity (Wildman–Crippen MR) is 54.9 cm³/mol. The zero-order valence-electron chi connectivity index (χ0n) is 9.21. The van der Waals surface area contributed by atoms with Crippen LogP contribution in [-0.4, -0.2) is 48.0 Å². The van der Waals surface area contributed by atoms with E-state index in [0.29, 0.717) is 13.0 Å². The number of alkyl halides is 3. The van der Waals surface area contributed by atoms with E-state index >= 15 is 0 Å². The Kier molecular flexibility index (Phi) is 5.01. The number of rotatable bonds is 4. The van der Waals surface area contributed by atoms with Crippen LogP contribution in [0.4, 0.5) is 13.2 Å². The fourth-order valence-electron chi connectivity index (χ4n) is 2.30. The highest BCUT2D eigenvalue weighted by Gasteiger charge is 2.45. The first-order valence-corrected chi connectivity index (χ1v) is 5.64. The number of aliphatic hydroxyl groups is 1. The SMILES string of the molecule is NCCC(N1CCCCC1CO)C(F)(F)F. The Morgan fingerprint density at radius 2 is 2.06 bits per heavy atom. The Labute approximate surface area is 93.4 Å². The maximum Gasteiger partial charge on any atom is 0.404 e. The molecule has 1 rings (SSSR count). The number of aliphatic hydroxyl groups excluding tert-OH is 1. The van der Waals surface area contributed by atoms with Crippen LogP contribution in [0.1, 0.15) is 25.7 Å². The third kappa shape index (κ3) is 3.33. The average molecular weight is 240 g/mol. The van der Waals surface area contributed by atoms with Gasteiger partial charge in [-0.05, 0) is 32.4 Å². The second kappa shape index (κ2) is 5.84. The fourth-order valence-corrected chi connectivity index (χ4v) is 2.30. The summed E-state index contributed by atoms with van der Waals surface area (Å²) < 4.78 is 38.5. The Hall–Kier alpha value is -0.330. The highest BCUT2D eigenvalue weighted by molar-refractivity contribution is 4.86. The molecule has 0 aromatic carbocycles. The maximum absolute atomic E-state index is 12.8. The summed E-state index contributed by atoms with van der Waals surface area (Å²) in [6, 6.07) is -1.87. The lowest BCUT2D eigenvalue weighted by atomic mass is 9.98. The zero-order valence-corrected chi connectivity index (χ0v) is 9.21. The molecule has 0 aliphatic carbocycles. The normalized spacial score (nSPS) is 25.7. The summed E-state index contributed by atoms with van der Waals surface area (Å²) in [7, 11) is 0. The van der Waals surface area contributed by atoms with Crippen molar-refractivity contribution >= 4 is 0 Å². The monoisotopic (exact) mass is 240 g/mol. The van der Waals surface area contributed by atoms with Crippen molar-refractivity contribution in [2.24, 2.45) is 5.73 Å². The van der Waals surface area contributed by atoms with Crippen molar-refractivity contribution in [1.82, 2.24) is 4.90 Å². The van der Waals surface area contributed by atoms with Gasteiger partial charge in [-0.1, -0.05) is 6.42 Å². The van der Waals surface area contributed by atoms with Crippen LogP contribution in [0.3, 0.4) is 0 Å². The molecule has 1 heterocycles. The van der Waals surface area contributed by atoms with E-state index in [9.17, 15) is 13.2 Å². The van der Waals surface area contributed by atoms with Gasteiger partial charge in [0.2, 0.25) is 0 Å². The number of halogens is 3. The molecule has 0 radical (unpaired) electrons. The van der Waals surface area contributed by atoms with E-state index in [0.717, 1.165) is 12.8 Å². The molecule has 1 aliphatic rings. The van der Waals surface area contributed by atoms with Gasteiger partial charge >= 0.3 is 6.18 Å². The van der Waals surface area contributed by atoms with Crippen LogP contribution in [-0.2, 0) is 0 Å². The van der Waals surface area contributed by atoms with Crippen molar-refractivity contribution in [2.45, 2.75) is 43.9 Å². The molecule has 1 aliphatic heterocycles. The van der Waals surface area contributed by atoms with Crippen molar-refractivity contribution < 1.29 is 18.3 Å². The highest BCUT2D eigenvalue weighted by atomic mass is 19.4. The summed E-state index contributed by atoms with van der Waals surface area (Å²) in [6.07, 6.45) is -2.08. The molecule has 0 saturated carbocycles. The summed E-state index contributed by atoms with van der Waals surface area (Å²) in [6.45, 7) is 0.200. The van der Waals surface area contributed by atoms with Crippen LogP contribution in [0.2, 0.25) is 0 Å². The molecule has 3 N–H and O–H groups in total. The Bertz CT molecular complexity index is 211. The third-order valence-electron chi connectivity index (χ3n) is 3.10. The van der Waals surface area contributed by atoms with Crippen LogP contribution >= 0.6 is 0 Å². The summed E-state index contributed by atoms with van der Waals surface area (Å²) >= 11 is 0. The van der Waals surface area contributed by atoms with Crippen LogP contribution in [0.15, 0.2) is 0 Å². The molecule has 1 fully saturated rings. The maximum atomic E-state index is 12.8. The van der Waals surface area contributed by atoms with Gasteiger partial charge in [0.25, 0.3) is 0 Å². The lowest BCUT2D eigenvalue weighted by Crippen LogP contribution is -2.54. The van der Waals surface area contributed by atoms with Gasteiger partial charge in [0.15, 0.2) is 0 Å². The van der Waals surface area contributed by atoms with Crippen molar-refractivity contribution in [2.75, 3.05) is 19.7 Å². The molecule has 0 bridgehead atoms. The second-order valence-corrected chi connectivity index (χ2v) is 4.20. The summed E-state index contributed by atoms with van der Waals surface area (Å²) in [5.41, 5.74) is 5.23. The van der Waals surface area contributed by atoms with Gasteiger partial charge in [-0.15, -0.1) is 0 Å². The first-order valence-electron chi connectivity index (χ1n) is 5.64. The zero-order chi connectivity index (χ0) is 12.2. The van der Waals surface area contributed by atoms with Gasteiger partial charge in [0.05, 0.1) is 6.61 Å². The lowest BCUT2D eigenvalue weighted by Gasteiger charge is -2.41. The number of piperidine rings is 1. The molecule has 96 valence electrons. The van der Waals surface area contributed by atoms with E-state index in [2.05, 4.69) is 0 Å². The average Bonchev–Trinajstić information content (AvgIpc) is 2.24. The fraction of sp³-hybridized carbons (Fsp3) is 1.00. The molecule has 2 unspecified atom stereocenters. The van der Waals surface area contributed by atoms with Gasteiger partial charge < -0.3 is 10.8 Å². The van der Waals surface area contributed by atoms with Crippen LogP contribution in [0.25, 0.3) is 0 Å². The van der Waals surface area contributed by atoms with Gasteiger partial charge in [0.1, 0.15) is 6.04 Å². The molecule has 0 aromatic heterocycles. The van der Waals surface area contributed by atoms with E-state index < -0.39 is 12.2 Å². The first kappa shape index (κ1) is 13.7. The van der Waals surface area contributed by atoms with Crippen molar-refractivity contribution in [3.8, 4) is 0 Å². The molecule has 0 amide bonds. The Morgan fingerprint density at radius 1 is 1.38 bits per heavy atom.